The number of hydrogen-bond donors (Lipinski definition) is 0. The molecule has 0 aliphatic heterocycles. The molecule has 0 bridgehead atoms. The van der Waals surface area contributed by atoms with Gasteiger partial charge in [-0.05, 0) is 13.3 Å². The Morgan fingerprint density at radius 3 is 2.29 bits per heavy atom. The average Bonchev–Trinajstić information content (AvgIpc) is 2.28. The first-order valence-electron chi connectivity index (χ1n) is 5.37. The molecule has 1 atom stereocenters. The Morgan fingerprint density at radius 2 is 1.88 bits per heavy atom. The summed E-state index contributed by atoms with van der Waals surface area (Å²) in [6, 6.07) is 0. The standard InChI is InChI=1S/C12H18O5/c1-5-10(9(3)13)12(15)17-7-6-8(2)11(14)16-4/h10H,2,5-7H2,1,3-4H3. The molecule has 0 aromatic rings. The summed E-state index contributed by atoms with van der Waals surface area (Å²) in [7, 11) is 1.25. The van der Waals surface area contributed by atoms with E-state index in [0.29, 0.717) is 6.42 Å². The van der Waals surface area contributed by atoms with E-state index in [0.717, 1.165) is 0 Å². The molecule has 0 spiro atoms. The van der Waals surface area contributed by atoms with E-state index in [1.807, 2.05) is 0 Å². The number of carbonyl (C=O) groups excluding carboxylic acids is 3. The normalized spacial score (nSPS) is 11.5. The fraction of sp³-hybridized carbons (Fsp3) is 0.583. The smallest absolute Gasteiger partial charge is 0.333 e. The Kier molecular flexibility index (Phi) is 6.86. The molecule has 0 aromatic carbocycles. The van der Waals surface area contributed by atoms with Crippen LogP contribution in [0.25, 0.3) is 0 Å². The van der Waals surface area contributed by atoms with E-state index in [-0.39, 0.29) is 24.4 Å². The summed E-state index contributed by atoms with van der Waals surface area (Å²) < 4.78 is 9.34. The quantitative estimate of drug-likeness (QED) is 0.382. The molecule has 0 aliphatic carbocycles. The van der Waals surface area contributed by atoms with Gasteiger partial charge in [-0.1, -0.05) is 13.5 Å². The lowest BCUT2D eigenvalue weighted by Crippen LogP contribution is -2.24. The zero-order valence-corrected chi connectivity index (χ0v) is 10.4. The highest BCUT2D eigenvalue weighted by Gasteiger charge is 2.22. The SMILES string of the molecule is C=C(CCOC(=O)C(CC)C(C)=O)C(=O)OC. The van der Waals surface area contributed by atoms with Crippen LogP contribution in [0.3, 0.4) is 0 Å². The van der Waals surface area contributed by atoms with Gasteiger partial charge >= 0.3 is 11.9 Å². The van der Waals surface area contributed by atoms with E-state index in [1.165, 1.54) is 14.0 Å². The second-order valence-electron chi connectivity index (χ2n) is 3.58. The Labute approximate surface area is 101 Å². The van der Waals surface area contributed by atoms with Gasteiger partial charge in [0.1, 0.15) is 11.7 Å². The highest BCUT2D eigenvalue weighted by molar-refractivity contribution is 5.97. The maximum atomic E-state index is 11.4. The predicted molar refractivity (Wildman–Crippen MR) is 61.2 cm³/mol. The highest BCUT2D eigenvalue weighted by Crippen LogP contribution is 2.08. The molecule has 5 nitrogen and oxygen atoms in total. The summed E-state index contributed by atoms with van der Waals surface area (Å²) in [6.45, 7) is 6.60. The third kappa shape index (κ3) is 5.29. The first-order valence-corrected chi connectivity index (χ1v) is 5.37. The van der Waals surface area contributed by atoms with Gasteiger partial charge in [0.2, 0.25) is 0 Å². The minimum absolute atomic E-state index is 0.0244. The third-order valence-electron chi connectivity index (χ3n) is 2.31. The van der Waals surface area contributed by atoms with E-state index in [9.17, 15) is 14.4 Å². The van der Waals surface area contributed by atoms with Gasteiger partial charge in [-0.2, -0.15) is 0 Å². The molecule has 0 fully saturated rings. The fourth-order valence-electron chi connectivity index (χ4n) is 1.24. The first kappa shape index (κ1) is 15.3. The van der Waals surface area contributed by atoms with E-state index < -0.39 is 17.9 Å². The summed E-state index contributed by atoms with van der Waals surface area (Å²) >= 11 is 0. The lowest BCUT2D eigenvalue weighted by molar-refractivity contribution is -0.152. The number of carbonyl (C=O) groups is 3. The maximum absolute atomic E-state index is 11.4. The Balaban J connectivity index is 4.05. The monoisotopic (exact) mass is 242 g/mol. The van der Waals surface area contributed by atoms with Crippen LogP contribution in [0.5, 0.6) is 0 Å². The molecule has 0 N–H and O–H groups in total. The van der Waals surface area contributed by atoms with Crippen molar-refractivity contribution < 1.29 is 23.9 Å². The van der Waals surface area contributed by atoms with Crippen LogP contribution in [0.4, 0.5) is 0 Å². The summed E-state index contributed by atoms with van der Waals surface area (Å²) in [4.78, 5) is 33.5. The van der Waals surface area contributed by atoms with Crippen molar-refractivity contribution in [2.24, 2.45) is 5.92 Å². The lowest BCUT2D eigenvalue weighted by atomic mass is 10.0. The van der Waals surface area contributed by atoms with Crippen LogP contribution in [0.2, 0.25) is 0 Å². The second-order valence-corrected chi connectivity index (χ2v) is 3.58. The third-order valence-corrected chi connectivity index (χ3v) is 2.31. The predicted octanol–water partition coefficient (Wildman–Crippen LogP) is 1.26. The van der Waals surface area contributed by atoms with Gasteiger partial charge in [0.15, 0.2) is 0 Å². The molecular formula is C12H18O5. The van der Waals surface area contributed by atoms with Crippen LogP contribution in [0, 0.1) is 5.92 Å². The number of ketones is 1. The van der Waals surface area contributed by atoms with Crippen LogP contribution in [-0.4, -0.2) is 31.4 Å². The second kappa shape index (κ2) is 7.60. The van der Waals surface area contributed by atoms with Crippen LogP contribution in [-0.2, 0) is 23.9 Å². The van der Waals surface area contributed by atoms with Gasteiger partial charge in [-0.15, -0.1) is 0 Å². The van der Waals surface area contributed by atoms with Crippen LogP contribution >= 0.6 is 0 Å². The molecule has 0 aliphatic rings. The summed E-state index contributed by atoms with van der Waals surface area (Å²) in [5.74, 6) is -2.02. The van der Waals surface area contributed by atoms with Gasteiger partial charge in [0.05, 0.1) is 13.7 Å². The molecular weight excluding hydrogens is 224 g/mol. The number of ether oxygens (including phenoxy) is 2. The van der Waals surface area contributed by atoms with E-state index in [2.05, 4.69) is 11.3 Å². The van der Waals surface area contributed by atoms with Crippen LogP contribution in [0.15, 0.2) is 12.2 Å². The summed E-state index contributed by atoms with van der Waals surface area (Å²) in [6.07, 6.45) is 0.610. The molecule has 0 heterocycles. The number of Topliss-reactive ketones (excluding diaryl/α,β-unsaturated/α-hetero) is 1. The minimum atomic E-state index is -0.721. The zero-order chi connectivity index (χ0) is 13.4. The van der Waals surface area contributed by atoms with Crippen molar-refractivity contribution in [2.45, 2.75) is 26.7 Å². The number of hydrogen-bond acceptors (Lipinski definition) is 5. The van der Waals surface area contributed by atoms with Gasteiger partial charge in [0, 0.05) is 12.0 Å². The molecule has 0 saturated carbocycles. The largest absolute Gasteiger partial charge is 0.466 e. The van der Waals surface area contributed by atoms with Gasteiger partial charge < -0.3 is 9.47 Å². The van der Waals surface area contributed by atoms with Gasteiger partial charge in [-0.3, -0.25) is 9.59 Å². The van der Waals surface area contributed by atoms with Crippen molar-refractivity contribution in [3.63, 3.8) is 0 Å². The van der Waals surface area contributed by atoms with Crippen molar-refractivity contribution in [3.05, 3.63) is 12.2 Å². The highest BCUT2D eigenvalue weighted by atomic mass is 16.5. The van der Waals surface area contributed by atoms with Crippen LogP contribution < -0.4 is 0 Å². The molecule has 0 saturated heterocycles. The van der Waals surface area contributed by atoms with E-state index in [1.54, 1.807) is 6.92 Å². The molecule has 0 rings (SSSR count). The fourth-order valence-corrected chi connectivity index (χ4v) is 1.24. The zero-order valence-electron chi connectivity index (χ0n) is 10.4. The average molecular weight is 242 g/mol. The number of rotatable bonds is 7. The molecule has 96 valence electrons. The Morgan fingerprint density at radius 1 is 1.29 bits per heavy atom. The molecule has 0 radical (unpaired) electrons. The molecule has 0 amide bonds. The van der Waals surface area contributed by atoms with Crippen molar-refractivity contribution in [3.8, 4) is 0 Å². The topological polar surface area (TPSA) is 69.7 Å². The first-order chi connectivity index (χ1) is 7.93. The van der Waals surface area contributed by atoms with Crippen molar-refractivity contribution in [1.29, 1.82) is 0 Å². The van der Waals surface area contributed by atoms with Crippen LogP contribution in [0.1, 0.15) is 26.7 Å². The molecule has 1 unspecified atom stereocenters. The van der Waals surface area contributed by atoms with E-state index in [4.69, 9.17) is 4.74 Å². The van der Waals surface area contributed by atoms with Crippen molar-refractivity contribution in [2.75, 3.05) is 13.7 Å². The van der Waals surface area contributed by atoms with E-state index >= 15 is 0 Å². The number of methoxy groups -OCH3 is 1. The summed E-state index contributed by atoms with van der Waals surface area (Å²) in [5, 5.41) is 0. The van der Waals surface area contributed by atoms with Gasteiger partial charge in [0.25, 0.3) is 0 Å². The van der Waals surface area contributed by atoms with Gasteiger partial charge in [-0.25, -0.2) is 4.79 Å². The Hall–Kier alpha value is -1.65. The minimum Gasteiger partial charge on any atom is -0.466 e. The molecule has 17 heavy (non-hydrogen) atoms. The lowest BCUT2D eigenvalue weighted by Gasteiger charge is -2.11. The number of esters is 2. The maximum Gasteiger partial charge on any atom is 0.333 e. The molecule has 0 aromatic heterocycles. The van der Waals surface area contributed by atoms with Crippen molar-refractivity contribution >= 4 is 17.7 Å². The molecule has 5 heteroatoms. The van der Waals surface area contributed by atoms with Crippen molar-refractivity contribution in [1.82, 2.24) is 0 Å². The Bertz CT molecular complexity index is 319. The summed E-state index contributed by atoms with van der Waals surface area (Å²) in [5.41, 5.74) is 0.233.